The highest BCUT2D eigenvalue weighted by atomic mass is 15.1. The SMILES string of the molecule is C=C/C=C\C(=C/C)c1ccc(N(c2ccc(-c3ccccc3)cc2)c2ccc3c(c2)C(c2cccc(-c4ccccc4)c2)(c2cccc(-c4ccccc4)c2)c2ccccc2-3)cc1. The highest BCUT2D eigenvalue weighted by Crippen LogP contribution is 2.58. The Balaban J connectivity index is 1.22. The molecule has 0 aromatic heterocycles. The monoisotopic (exact) mass is 805 g/mol. The van der Waals surface area contributed by atoms with Gasteiger partial charge in [-0.2, -0.15) is 0 Å². The Bertz CT molecular complexity index is 3020. The molecular formula is C62H47N. The van der Waals surface area contributed by atoms with Crippen molar-refractivity contribution in [3.63, 3.8) is 0 Å². The summed E-state index contributed by atoms with van der Waals surface area (Å²) in [4.78, 5) is 2.41. The zero-order chi connectivity index (χ0) is 42.6. The Labute approximate surface area is 371 Å². The Morgan fingerprint density at radius 3 is 1.43 bits per heavy atom. The molecule has 0 heterocycles. The highest BCUT2D eigenvalue weighted by Gasteiger charge is 2.46. The van der Waals surface area contributed by atoms with Gasteiger partial charge in [-0.15, -0.1) is 0 Å². The van der Waals surface area contributed by atoms with Crippen molar-refractivity contribution in [3.8, 4) is 44.5 Å². The minimum absolute atomic E-state index is 0.636. The molecule has 0 saturated heterocycles. The van der Waals surface area contributed by atoms with Gasteiger partial charge in [-0.3, -0.25) is 0 Å². The van der Waals surface area contributed by atoms with E-state index in [4.69, 9.17) is 0 Å². The molecule has 0 N–H and O–H groups in total. The number of anilines is 3. The van der Waals surface area contributed by atoms with E-state index in [1.54, 1.807) is 0 Å². The second-order valence-electron chi connectivity index (χ2n) is 16.1. The molecule has 0 unspecified atom stereocenters. The van der Waals surface area contributed by atoms with Crippen molar-refractivity contribution in [2.75, 3.05) is 4.90 Å². The van der Waals surface area contributed by atoms with Gasteiger partial charge < -0.3 is 4.90 Å². The Morgan fingerprint density at radius 1 is 0.413 bits per heavy atom. The molecule has 10 rings (SSSR count). The summed E-state index contributed by atoms with van der Waals surface area (Å²) in [6.45, 7) is 5.97. The lowest BCUT2D eigenvalue weighted by molar-refractivity contribution is 0.769. The molecule has 0 spiro atoms. The van der Waals surface area contributed by atoms with E-state index in [0.29, 0.717) is 0 Å². The van der Waals surface area contributed by atoms with Crippen LogP contribution in [0.25, 0.3) is 50.1 Å². The van der Waals surface area contributed by atoms with Crippen LogP contribution in [0.5, 0.6) is 0 Å². The van der Waals surface area contributed by atoms with Crippen molar-refractivity contribution in [1.82, 2.24) is 0 Å². The van der Waals surface area contributed by atoms with Gasteiger partial charge in [0.25, 0.3) is 0 Å². The molecule has 0 aliphatic heterocycles. The van der Waals surface area contributed by atoms with Crippen molar-refractivity contribution in [3.05, 3.63) is 289 Å². The molecule has 0 saturated carbocycles. The number of allylic oxidation sites excluding steroid dienone is 5. The summed E-state index contributed by atoms with van der Waals surface area (Å²) >= 11 is 0. The van der Waals surface area contributed by atoms with Crippen LogP contribution < -0.4 is 4.90 Å². The van der Waals surface area contributed by atoms with Crippen molar-refractivity contribution in [1.29, 1.82) is 0 Å². The first-order valence-electron chi connectivity index (χ1n) is 21.7. The van der Waals surface area contributed by atoms with Crippen LogP contribution in [0.15, 0.2) is 261 Å². The summed E-state index contributed by atoms with van der Waals surface area (Å²) < 4.78 is 0. The Kier molecular flexibility index (Phi) is 10.7. The predicted molar refractivity (Wildman–Crippen MR) is 268 cm³/mol. The lowest BCUT2D eigenvalue weighted by Gasteiger charge is -2.35. The van der Waals surface area contributed by atoms with Crippen LogP contribution in [0.4, 0.5) is 17.1 Å². The third-order valence-electron chi connectivity index (χ3n) is 12.5. The van der Waals surface area contributed by atoms with E-state index in [9.17, 15) is 0 Å². The van der Waals surface area contributed by atoms with Gasteiger partial charge in [0, 0.05) is 17.1 Å². The van der Waals surface area contributed by atoms with Crippen LogP contribution in [0.2, 0.25) is 0 Å². The van der Waals surface area contributed by atoms with Crippen LogP contribution >= 0.6 is 0 Å². The fourth-order valence-electron chi connectivity index (χ4n) is 9.53. The number of nitrogens with zero attached hydrogens (tertiary/aromatic N) is 1. The van der Waals surface area contributed by atoms with Gasteiger partial charge in [-0.05, 0) is 133 Å². The van der Waals surface area contributed by atoms with Crippen molar-refractivity contribution >= 4 is 22.6 Å². The van der Waals surface area contributed by atoms with E-state index in [-0.39, 0.29) is 0 Å². The number of fused-ring (bicyclic) bond motifs is 3. The molecule has 300 valence electrons. The average Bonchev–Trinajstić information content (AvgIpc) is 3.66. The third-order valence-corrected chi connectivity index (χ3v) is 12.5. The molecule has 1 nitrogen and oxygen atoms in total. The summed E-state index contributed by atoms with van der Waals surface area (Å²) in [5.41, 5.74) is 19.6. The van der Waals surface area contributed by atoms with Crippen LogP contribution in [0.3, 0.4) is 0 Å². The van der Waals surface area contributed by atoms with E-state index in [0.717, 1.165) is 28.2 Å². The number of hydrogen-bond acceptors (Lipinski definition) is 1. The van der Waals surface area contributed by atoms with Gasteiger partial charge in [0.2, 0.25) is 0 Å². The number of benzene rings is 9. The zero-order valence-electron chi connectivity index (χ0n) is 35.4. The zero-order valence-corrected chi connectivity index (χ0v) is 35.4. The molecule has 1 aliphatic carbocycles. The van der Waals surface area contributed by atoms with Crippen LogP contribution in [-0.4, -0.2) is 0 Å². The first kappa shape index (κ1) is 39.2. The third kappa shape index (κ3) is 7.24. The first-order valence-corrected chi connectivity index (χ1v) is 21.7. The molecule has 0 amide bonds. The quantitative estimate of drug-likeness (QED) is 0.118. The smallest absolute Gasteiger partial charge is 0.0714 e. The molecule has 0 bridgehead atoms. The van der Waals surface area contributed by atoms with Crippen LogP contribution in [0, 0.1) is 0 Å². The molecule has 0 radical (unpaired) electrons. The summed E-state index contributed by atoms with van der Waals surface area (Å²) in [5.74, 6) is 0. The van der Waals surface area contributed by atoms with E-state index in [2.05, 4.69) is 261 Å². The Hall–Kier alpha value is -8.00. The molecule has 63 heavy (non-hydrogen) atoms. The molecule has 0 fully saturated rings. The standard InChI is InChI=1S/C62H47N/c1-3-5-19-45(4-2)49-32-36-55(37-33-49)63(56-38-34-50(35-39-56)46-20-9-6-10-21-46)57-40-41-59-58-30-15-16-31-60(58)62(61(59)44-57,53-28-17-26-51(42-53)47-22-11-7-12-23-47)54-29-18-27-52(43-54)48-24-13-8-14-25-48/h3-44H,1H2,2H3/b19-5-,45-4+. The maximum absolute atomic E-state index is 3.89. The maximum atomic E-state index is 3.89. The van der Waals surface area contributed by atoms with E-state index >= 15 is 0 Å². The van der Waals surface area contributed by atoms with E-state index in [1.807, 2.05) is 12.2 Å². The minimum atomic E-state index is -0.636. The van der Waals surface area contributed by atoms with E-state index in [1.165, 1.54) is 66.8 Å². The molecule has 9 aromatic carbocycles. The summed E-state index contributed by atoms with van der Waals surface area (Å²) in [7, 11) is 0. The van der Waals surface area contributed by atoms with Gasteiger partial charge in [0.15, 0.2) is 0 Å². The lowest BCUT2D eigenvalue weighted by atomic mass is 9.67. The molecule has 9 aromatic rings. The highest BCUT2D eigenvalue weighted by molar-refractivity contribution is 5.91. The van der Waals surface area contributed by atoms with Crippen molar-refractivity contribution in [2.45, 2.75) is 12.3 Å². The fourth-order valence-corrected chi connectivity index (χ4v) is 9.53. The first-order chi connectivity index (χ1) is 31.1. The normalized spacial score (nSPS) is 12.7. The van der Waals surface area contributed by atoms with Crippen molar-refractivity contribution < 1.29 is 0 Å². The minimum Gasteiger partial charge on any atom is -0.310 e. The molecular weight excluding hydrogens is 759 g/mol. The number of rotatable bonds is 11. The maximum Gasteiger partial charge on any atom is 0.0714 e. The lowest BCUT2D eigenvalue weighted by Crippen LogP contribution is -2.29. The Morgan fingerprint density at radius 2 is 0.873 bits per heavy atom. The fraction of sp³-hybridized carbons (Fsp3) is 0.0323. The van der Waals surface area contributed by atoms with Gasteiger partial charge >= 0.3 is 0 Å². The molecule has 1 heteroatoms. The van der Waals surface area contributed by atoms with Crippen LogP contribution in [0.1, 0.15) is 34.7 Å². The summed E-state index contributed by atoms with van der Waals surface area (Å²) in [5, 5.41) is 0. The number of hydrogen-bond donors (Lipinski definition) is 0. The summed E-state index contributed by atoms with van der Waals surface area (Å²) in [6.07, 6.45) is 8.07. The molecule has 1 aliphatic rings. The predicted octanol–water partition coefficient (Wildman–Crippen LogP) is 16.7. The molecule has 0 atom stereocenters. The second kappa shape index (κ2) is 17.2. The average molecular weight is 806 g/mol. The second-order valence-corrected chi connectivity index (χ2v) is 16.1. The topological polar surface area (TPSA) is 3.24 Å². The largest absolute Gasteiger partial charge is 0.310 e. The van der Waals surface area contributed by atoms with Gasteiger partial charge in [-0.25, -0.2) is 0 Å². The van der Waals surface area contributed by atoms with Gasteiger partial charge in [-0.1, -0.05) is 213 Å². The van der Waals surface area contributed by atoms with Gasteiger partial charge in [0.1, 0.15) is 0 Å². The van der Waals surface area contributed by atoms with Gasteiger partial charge in [0.05, 0.1) is 5.41 Å². The van der Waals surface area contributed by atoms with Crippen LogP contribution in [-0.2, 0) is 5.41 Å². The van der Waals surface area contributed by atoms with Crippen molar-refractivity contribution in [2.24, 2.45) is 0 Å². The summed E-state index contributed by atoms with van der Waals surface area (Å²) in [6, 6.07) is 84.6. The van der Waals surface area contributed by atoms with E-state index < -0.39 is 5.41 Å².